The Balaban J connectivity index is 1.67. The summed E-state index contributed by atoms with van der Waals surface area (Å²) in [5.74, 6) is 0.875. The summed E-state index contributed by atoms with van der Waals surface area (Å²) in [7, 11) is 1.69. The van der Waals surface area contributed by atoms with Crippen LogP contribution >= 0.6 is 27.3 Å². The van der Waals surface area contributed by atoms with E-state index < -0.39 is 0 Å². The highest BCUT2D eigenvalue weighted by molar-refractivity contribution is 9.11. The van der Waals surface area contributed by atoms with Gasteiger partial charge in [0.25, 0.3) is 5.91 Å². The van der Waals surface area contributed by atoms with Crippen LogP contribution in [0.1, 0.15) is 23.2 Å². The zero-order valence-electron chi connectivity index (χ0n) is 12.9. The van der Waals surface area contributed by atoms with Crippen LogP contribution in [0.3, 0.4) is 0 Å². The Morgan fingerprint density at radius 2 is 2.26 bits per heavy atom. The number of halogens is 1. The smallest absolute Gasteiger partial charge is 0.252 e. The third-order valence-corrected chi connectivity index (χ3v) is 5.52. The van der Waals surface area contributed by atoms with E-state index in [4.69, 9.17) is 4.74 Å². The van der Waals surface area contributed by atoms with Crippen molar-refractivity contribution in [3.05, 3.63) is 45.1 Å². The monoisotopic (exact) mass is 394 g/mol. The number of thiophene rings is 1. The molecule has 1 amide bonds. The third kappa shape index (κ3) is 3.87. The number of methoxy groups -OCH3 is 1. The average Bonchev–Trinajstić information content (AvgIpc) is 3.02. The lowest BCUT2D eigenvalue weighted by molar-refractivity contribution is 0.0933. The first kappa shape index (κ1) is 16.3. The largest absolute Gasteiger partial charge is 0.495 e. The number of carbonyl (C=O) groups is 1. The highest BCUT2D eigenvalue weighted by Crippen LogP contribution is 2.30. The molecule has 1 aromatic heterocycles. The number of benzene rings is 1. The molecule has 2 aromatic rings. The van der Waals surface area contributed by atoms with Crippen LogP contribution in [0.2, 0.25) is 0 Å². The van der Waals surface area contributed by atoms with Crippen LogP contribution in [0.5, 0.6) is 5.75 Å². The maximum Gasteiger partial charge on any atom is 0.252 e. The molecule has 0 saturated carbocycles. The zero-order chi connectivity index (χ0) is 16.2. The molecule has 0 aliphatic carbocycles. The van der Waals surface area contributed by atoms with Crippen molar-refractivity contribution in [2.75, 3.05) is 25.1 Å². The maximum absolute atomic E-state index is 12.3. The maximum atomic E-state index is 12.3. The van der Waals surface area contributed by atoms with Crippen molar-refractivity contribution in [2.45, 2.75) is 18.9 Å². The molecule has 1 aliphatic rings. The second-order valence-corrected chi connectivity index (χ2v) is 7.86. The van der Waals surface area contributed by atoms with Gasteiger partial charge in [0.05, 0.1) is 22.1 Å². The Bertz CT molecular complexity index is 689. The topological polar surface area (TPSA) is 41.6 Å². The second kappa shape index (κ2) is 7.36. The summed E-state index contributed by atoms with van der Waals surface area (Å²) >= 11 is 4.92. The molecule has 3 rings (SSSR count). The van der Waals surface area contributed by atoms with Crippen molar-refractivity contribution in [2.24, 2.45) is 0 Å². The predicted molar refractivity (Wildman–Crippen MR) is 97.7 cm³/mol. The van der Waals surface area contributed by atoms with Gasteiger partial charge in [-0.05, 0) is 47.0 Å². The number of piperidine rings is 1. The quantitative estimate of drug-likeness (QED) is 0.854. The minimum Gasteiger partial charge on any atom is -0.495 e. The number of hydrogen-bond acceptors (Lipinski definition) is 4. The van der Waals surface area contributed by atoms with E-state index in [9.17, 15) is 4.79 Å². The molecule has 0 bridgehead atoms. The number of carbonyl (C=O) groups excluding carboxylic acids is 1. The zero-order valence-corrected chi connectivity index (χ0v) is 15.3. The molecular weight excluding hydrogens is 376 g/mol. The first-order valence-electron chi connectivity index (χ1n) is 7.60. The van der Waals surface area contributed by atoms with Gasteiger partial charge in [0, 0.05) is 24.5 Å². The first-order valence-corrected chi connectivity index (χ1v) is 9.27. The molecule has 1 N–H and O–H groups in total. The predicted octanol–water partition coefficient (Wildman–Crippen LogP) is 3.92. The van der Waals surface area contributed by atoms with Crippen LogP contribution in [0, 0.1) is 0 Å². The Labute approximate surface area is 148 Å². The Morgan fingerprint density at radius 1 is 1.43 bits per heavy atom. The van der Waals surface area contributed by atoms with Crippen LogP contribution in [0.4, 0.5) is 5.69 Å². The van der Waals surface area contributed by atoms with Crippen molar-refractivity contribution in [1.82, 2.24) is 5.32 Å². The van der Waals surface area contributed by atoms with Gasteiger partial charge in [-0.15, -0.1) is 11.3 Å². The molecule has 1 saturated heterocycles. The number of rotatable bonds is 4. The summed E-state index contributed by atoms with van der Waals surface area (Å²) < 4.78 is 6.43. The summed E-state index contributed by atoms with van der Waals surface area (Å²) in [4.78, 5) is 14.6. The van der Waals surface area contributed by atoms with Gasteiger partial charge in [-0.3, -0.25) is 4.79 Å². The molecule has 2 heterocycles. The summed E-state index contributed by atoms with van der Waals surface area (Å²) in [5.41, 5.74) is 1.81. The van der Waals surface area contributed by atoms with Gasteiger partial charge in [0.15, 0.2) is 0 Å². The molecule has 1 atom stereocenters. The molecule has 23 heavy (non-hydrogen) atoms. The Kier molecular flexibility index (Phi) is 5.23. The van der Waals surface area contributed by atoms with Crippen molar-refractivity contribution in [3.8, 4) is 5.75 Å². The van der Waals surface area contributed by atoms with E-state index in [-0.39, 0.29) is 11.9 Å². The van der Waals surface area contributed by atoms with Gasteiger partial charge in [-0.25, -0.2) is 0 Å². The number of nitrogens with one attached hydrogen (secondary N) is 1. The normalized spacial score (nSPS) is 17.8. The van der Waals surface area contributed by atoms with Crippen LogP contribution in [0.15, 0.2) is 39.5 Å². The fourth-order valence-electron chi connectivity index (χ4n) is 2.90. The van der Waals surface area contributed by atoms with Gasteiger partial charge < -0.3 is 15.0 Å². The van der Waals surface area contributed by atoms with Crippen molar-refractivity contribution in [3.63, 3.8) is 0 Å². The minimum absolute atomic E-state index is 0.00109. The molecule has 0 radical (unpaired) electrons. The lowest BCUT2D eigenvalue weighted by atomic mass is 10.0. The molecular formula is C17H19BrN2O2S. The van der Waals surface area contributed by atoms with Gasteiger partial charge in [-0.2, -0.15) is 0 Å². The standard InChI is InChI=1S/C17H19BrN2O2S/c1-22-15-7-3-2-6-14(15)20-8-4-5-13(10-20)19-17(21)12-9-16(18)23-11-12/h2-3,6-7,9,11,13H,4-5,8,10H2,1H3,(H,19,21). The van der Waals surface area contributed by atoms with Crippen LogP contribution in [-0.4, -0.2) is 32.1 Å². The summed E-state index contributed by atoms with van der Waals surface area (Å²) in [5, 5.41) is 5.03. The van der Waals surface area contributed by atoms with E-state index in [0.717, 1.165) is 46.7 Å². The van der Waals surface area contributed by atoms with E-state index in [1.165, 1.54) is 11.3 Å². The van der Waals surface area contributed by atoms with Crippen LogP contribution in [0.25, 0.3) is 0 Å². The van der Waals surface area contributed by atoms with E-state index in [0.29, 0.717) is 0 Å². The molecule has 1 unspecified atom stereocenters. The summed E-state index contributed by atoms with van der Waals surface area (Å²) in [6, 6.07) is 10.0. The lowest BCUT2D eigenvalue weighted by Gasteiger charge is -2.35. The van der Waals surface area contributed by atoms with Crippen molar-refractivity contribution < 1.29 is 9.53 Å². The molecule has 122 valence electrons. The Morgan fingerprint density at radius 3 is 3.00 bits per heavy atom. The van der Waals surface area contributed by atoms with E-state index in [1.54, 1.807) is 7.11 Å². The van der Waals surface area contributed by atoms with Crippen molar-refractivity contribution >= 4 is 38.9 Å². The molecule has 1 fully saturated rings. The van der Waals surface area contributed by atoms with Gasteiger partial charge in [0.2, 0.25) is 0 Å². The average molecular weight is 395 g/mol. The number of anilines is 1. The fraction of sp³-hybridized carbons (Fsp3) is 0.353. The number of para-hydroxylation sites is 2. The molecule has 0 spiro atoms. The molecule has 4 nitrogen and oxygen atoms in total. The summed E-state index contributed by atoms with van der Waals surface area (Å²) in [6.45, 7) is 1.79. The highest BCUT2D eigenvalue weighted by atomic mass is 79.9. The van der Waals surface area contributed by atoms with E-state index in [1.807, 2.05) is 29.6 Å². The minimum atomic E-state index is -0.00109. The van der Waals surface area contributed by atoms with Crippen LogP contribution in [-0.2, 0) is 0 Å². The lowest BCUT2D eigenvalue weighted by Crippen LogP contribution is -2.47. The fourth-order valence-corrected chi connectivity index (χ4v) is 4.04. The number of hydrogen-bond donors (Lipinski definition) is 1. The Hall–Kier alpha value is -1.53. The van der Waals surface area contributed by atoms with Crippen LogP contribution < -0.4 is 15.0 Å². The summed E-state index contributed by atoms with van der Waals surface area (Å²) in [6.07, 6.45) is 2.05. The number of amides is 1. The van der Waals surface area contributed by atoms with E-state index in [2.05, 4.69) is 32.2 Å². The third-order valence-electron chi connectivity index (χ3n) is 4.01. The van der Waals surface area contributed by atoms with Gasteiger partial charge in [-0.1, -0.05) is 12.1 Å². The second-order valence-electron chi connectivity index (χ2n) is 5.57. The first-order chi connectivity index (χ1) is 11.2. The highest BCUT2D eigenvalue weighted by Gasteiger charge is 2.24. The molecule has 6 heteroatoms. The molecule has 1 aromatic carbocycles. The van der Waals surface area contributed by atoms with Crippen molar-refractivity contribution in [1.29, 1.82) is 0 Å². The number of nitrogens with zero attached hydrogens (tertiary/aromatic N) is 1. The van der Waals surface area contributed by atoms with Gasteiger partial charge in [0.1, 0.15) is 5.75 Å². The van der Waals surface area contributed by atoms with E-state index >= 15 is 0 Å². The number of ether oxygens (including phenoxy) is 1. The molecule has 1 aliphatic heterocycles. The SMILES string of the molecule is COc1ccccc1N1CCCC(NC(=O)c2csc(Br)c2)C1. The van der Waals surface area contributed by atoms with Gasteiger partial charge >= 0.3 is 0 Å².